The molecule has 5 aromatic rings. The van der Waals surface area contributed by atoms with Gasteiger partial charge in [0.15, 0.2) is 5.65 Å². The third-order valence-electron chi connectivity index (χ3n) is 5.62. The highest BCUT2D eigenvalue weighted by Crippen LogP contribution is 2.36. The van der Waals surface area contributed by atoms with Crippen LogP contribution in [0.5, 0.6) is 0 Å². The number of nitrogens with zero attached hydrogens (tertiary/aromatic N) is 3. The van der Waals surface area contributed by atoms with Crippen molar-refractivity contribution in [1.29, 1.82) is 0 Å². The van der Waals surface area contributed by atoms with E-state index < -0.39 is 0 Å². The lowest BCUT2D eigenvalue weighted by Crippen LogP contribution is -1.89. The fourth-order valence-corrected chi connectivity index (χ4v) is 4.99. The standard InChI is InChI=1S/C26H23N5S/c1-5-7-15(3)18(6-2)17-10-20-25(30-31-26(20)28-12-17)22-11-19-21(13-27-14-23(19)29-22)24-9-8-16(4)32-24/h5-14,29H,1H2,2-4H3,(H,28,30,31)/b15-7-,18-6+. The summed E-state index contributed by atoms with van der Waals surface area (Å²) in [5.41, 5.74) is 8.01. The van der Waals surface area contributed by atoms with Gasteiger partial charge in [-0.2, -0.15) is 5.10 Å². The van der Waals surface area contributed by atoms with Gasteiger partial charge in [-0.15, -0.1) is 11.3 Å². The van der Waals surface area contributed by atoms with Crippen molar-refractivity contribution in [3.8, 4) is 21.8 Å². The summed E-state index contributed by atoms with van der Waals surface area (Å²) in [6, 6.07) is 8.61. The van der Waals surface area contributed by atoms with Crippen LogP contribution in [0.3, 0.4) is 0 Å². The molecule has 5 heterocycles. The minimum atomic E-state index is 0.690. The van der Waals surface area contributed by atoms with Gasteiger partial charge in [0.05, 0.1) is 23.1 Å². The molecule has 32 heavy (non-hydrogen) atoms. The number of aryl methyl sites for hydroxylation is 1. The normalized spacial score (nSPS) is 12.7. The Labute approximate surface area is 190 Å². The molecule has 5 aromatic heterocycles. The van der Waals surface area contributed by atoms with Crippen molar-refractivity contribution < 1.29 is 0 Å². The van der Waals surface area contributed by atoms with Crippen molar-refractivity contribution in [1.82, 2.24) is 25.1 Å². The monoisotopic (exact) mass is 437 g/mol. The first kappa shape index (κ1) is 20.2. The number of thiophene rings is 1. The number of pyridine rings is 2. The molecule has 5 rings (SSSR count). The summed E-state index contributed by atoms with van der Waals surface area (Å²) < 4.78 is 0. The van der Waals surface area contributed by atoms with Crippen molar-refractivity contribution in [3.63, 3.8) is 0 Å². The van der Waals surface area contributed by atoms with Gasteiger partial charge in [-0.1, -0.05) is 24.8 Å². The number of rotatable bonds is 5. The van der Waals surface area contributed by atoms with Crippen molar-refractivity contribution in [2.75, 3.05) is 0 Å². The van der Waals surface area contributed by atoms with Gasteiger partial charge in [0.25, 0.3) is 0 Å². The van der Waals surface area contributed by atoms with Crippen LogP contribution in [0.1, 0.15) is 24.3 Å². The van der Waals surface area contributed by atoms with Crippen molar-refractivity contribution in [3.05, 3.63) is 83.7 Å². The van der Waals surface area contributed by atoms with Crippen molar-refractivity contribution >= 4 is 38.8 Å². The molecule has 0 fully saturated rings. The van der Waals surface area contributed by atoms with Crippen LogP contribution in [-0.4, -0.2) is 25.1 Å². The lowest BCUT2D eigenvalue weighted by atomic mass is 9.99. The second-order valence-electron chi connectivity index (χ2n) is 7.72. The van der Waals surface area contributed by atoms with Gasteiger partial charge >= 0.3 is 0 Å². The largest absolute Gasteiger partial charge is 0.352 e. The van der Waals surface area contributed by atoms with E-state index in [4.69, 9.17) is 0 Å². The number of fused-ring (bicyclic) bond motifs is 2. The molecule has 0 aliphatic heterocycles. The Morgan fingerprint density at radius 1 is 1.12 bits per heavy atom. The van der Waals surface area contributed by atoms with Gasteiger partial charge < -0.3 is 4.98 Å². The summed E-state index contributed by atoms with van der Waals surface area (Å²) in [5, 5.41) is 9.73. The molecule has 158 valence electrons. The number of allylic oxidation sites excluding steroid dienone is 5. The van der Waals surface area contributed by atoms with Gasteiger partial charge in [0, 0.05) is 44.0 Å². The molecule has 0 aliphatic carbocycles. The van der Waals surface area contributed by atoms with Crippen LogP contribution in [-0.2, 0) is 0 Å². The van der Waals surface area contributed by atoms with Gasteiger partial charge in [-0.3, -0.25) is 10.1 Å². The topological polar surface area (TPSA) is 70.2 Å². The molecule has 0 unspecified atom stereocenters. The lowest BCUT2D eigenvalue weighted by molar-refractivity contribution is 1.10. The molecule has 2 N–H and O–H groups in total. The lowest BCUT2D eigenvalue weighted by Gasteiger charge is -2.07. The smallest absolute Gasteiger partial charge is 0.181 e. The molecule has 6 heteroatoms. The van der Waals surface area contributed by atoms with Gasteiger partial charge in [0.2, 0.25) is 0 Å². The maximum atomic E-state index is 4.60. The Balaban J connectivity index is 1.65. The quantitative estimate of drug-likeness (QED) is 0.289. The molecule has 0 aliphatic rings. The summed E-state index contributed by atoms with van der Waals surface area (Å²) in [6.45, 7) is 10.1. The van der Waals surface area contributed by atoms with Crippen molar-refractivity contribution in [2.45, 2.75) is 20.8 Å². The number of aromatic nitrogens is 5. The average molecular weight is 438 g/mol. The van der Waals surface area contributed by atoms with Crippen LogP contribution in [0.25, 0.3) is 49.3 Å². The first-order valence-electron chi connectivity index (χ1n) is 10.4. The third-order valence-corrected chi connectivity index (χ3v) is 6.66. The van der Waals surface area contributed by atoms with Gasteiger partial charge in [-0.05, 0) is 56.2 Å². The van der Waals surface area contributed by atoms with E-state index >= 15 is 0 Å². The van der Waals surface area contributed by atoms with E-state index in [-0.39, 0.29) is 0 Å². The molecule has 0 aromatic carbocycles. The molecule has 5 nitrogen and oxygen atoms in total. The molecule has 0 amide bonds. The van der Waals surface area contributed by atoms with Crippen LogP contribution < -0.4 is 0 Å². The number of aromatic amines is 2. The second-order valence-corrected chi connectivity index (χ2v) is 9.01. The zero-order valence-corrected chi connectivity index (χ0v) is 19.0. The fraction of sp³-hybridized carbons (Fsp3) is 0.115. The van der Waals surface area contributed by atoms with Gasteiger partial charge in [0.1, 0.15) is 0 Å². The van der Waals surface area contributed by atoms with E-state index in [2.05, 4.69) is 75.9 Å². The molecule has 0 saturated carbocycles. The van der Waals surface area contributed by atoms with E-state index in [1.54, 1.807) is 17.4 Å². The Kier molecular flexibility index (Phi) is 5.07. The summed E-state index contributed by atoms with van der Waals surface area (Å²) in [7, 11) is 0. The summed E-state index contributed by atoms with van der Waals surface area (Å²) in [4.78, 5) is 15.1. The molecule has 0 atom stereocenters. The van der Waals surface area contributed by atoms with E-state index in [9.17, 15) is 0 Å². The minimum Gasteiger partial charge on any atom is -0.352 e. The maximum absolute atomic E-state index is 4.60. The number of hydrogen-bond acceptors (Lipinski definition) is 4. The highest BCUT2D eigenvalue weighted by Gasteiger charge is 2.16. The second kappa shape index (κ2) is 8.05. The van der Waals surface area contributed by atoms with E-state index in [0.29, 0.717) is 5.65 Å². The molecule has 0 spiro atoms. The van der Waals surface area contributed by atoms with Crippen LogP contribution in [0.2, 0.25) is 0 Å². The zero-order chi connectivity index (χ0) is 22.2. The first-order valence-corrected chi connectivity index (χ1v) is 11.2. The maximum Gasteiger partial charge on any atom is 0.181 e. The molecule has 0 radical (unpaired) electrons. The van der Waals surface area contributed by atoms with E-state index in [0.717, 1.165) is 50.0 Å². The Morgan fingerprint density at radius 3 is 2.75 bits per heavy atom. The van der Waals surface area contributed by atoms with Crippen molar-refractivity contribution in [2.24, 2.45) is 0 Å². The SMILES string of the molecule is C=C/C=C(C)\C(=C/C)c1cnc2n[nH]c(-c3cc4c(-c5ccc(C)s5)cncc4[nH]3)c2c1. The number of H-pyrrole nitrogens is 2. The Morgan fingerprint density at radius 2 is 2.00 bits per heavy atom. The highest BCUT2D eigenvalue weighted by atomic mass is 32.1. The van der Waals surface area contributed by atoms with Crippen LogP contribution in [0, 0.1) is 6.92 Å². The average Bonchev–Trinajstić information content (AvgIpc) is 3.51. The summed E-state index contributed by atoms with van der Waals surface area (Å²) >= 11 is 1.78. The highest BCUT2D eigenvalue weighted by molar-refractivity contribution is 7.15. The van der Waals surface area contributed by atoms with E-state index in [1.807, 2.05) is 31.6 Å². The van der Waals surface area contributed by atoms with Crippen LogP contribution in [0.15, 0.2) is 73.2 Å². The Hall–Kier alpha value is -3.77. The predicted molar refractivity (Wildman–Crippen MR) is 135 cm³/mol. The molecule has 0 saturated heterocycles. The minimum absolute atomic E-state index is 0.690. The molecule has 0 bridgehead atoms. The van der Waals surface area contributed by atoms with Gasteiger partial charge in [-0.25, -0.2) is 4.98 Å². The number of hydrogen-bond donors (Lipinski definition) is 2. The fourth-order valence-electron chi connectivity index (χ4n) is 4.10. The third kappa shape index (κ3) is 3.39. The summed E-state index contributed by atoms with van der Waals surface area (Å²) in [6.07, 6.45) is 11.6. The number of nitrogens with one attached hydrogen (secondary N) is 2. The van der Waals surface area contributed by atoms with E-state index in [1.165, 1.54) is 9.75 Å². The first-order chi connectivity index (χ1) is 15.6. The predicted octanol–water partition coefficient (Wildman–Crippen LogP) is 7.07. The van der Waals surface area contributed by atoms with Crippen LogP contribution in [0.4, 0.5) is 0 Å². The van der Waals surface area contributed by atoms with Crippen LogP contribution >= 0.6 is 11.3 Å². The zero-order valence-electron chi connectivity index (χ0n) is 18.2. The molecular weight excluding hydrogens is 414 g/mol. The molecular formula is C26H23N5S. The summed E-state index contributed by atoms with van der Waals surface area (Å²) in [5.74, 6) is 0. The Bertz CT molecular complexity index is 1530.